The van der Waals surface area contributed by atoms with Gasteiger partial charge < -0.3 is 5.11 Å². The summed E-state index contributed by atoms with van der Waals surface area (Å²) >= 11 is 8.29. The summed E-state index contributed by atoms with van der Waals surface area (Å²) in [5.41, 5.74) is 0.176. The fourth-order valence-electron chi connectivity index (χ4n) is 1.17. The van der Waals surface area contributed by atoms with Crippen LogP contribution in [0.4, 0.5) is 0 Å². The predicted octanol–water partition coefficient (Wildman–Crippen LogP) is 3.35. The summed E-state index contributed by atoms with van der Waals surface area (Å²) < 4.78 is 4.76. The lowest BCUT2D eigenvalue weighted by Crippen LogP contribution is -1.98. The second-order valence-corrected chi connectivity index (χ2v) is 5.63. The number of benzene rings is 1. The molecule has 88 valence electrons. The molecule has 2 aromatic rings. The quantitative estimate of drug-likeness (QED) is 0.937. The van der Waals surface area contributed by atoms with Crippen LogP contribution in [0.1, 0.15) is 16.2 Å². The van der Waals surface area contributed by atoms with Crippen LogP contribution in [0.3, 0.4) is 0 Å². The van der Waals surface area contributed by atoms with Crippen LogP contribution in [-0.2, 0) is 0 Å². The Morgan fingerprint density at radius 2 is 2.29 bits per heavy atom. The van der Waals surface area contributed by atoms with Gasteiger partial charge in [-0.1, -0.05) is 23.4 Å². The zero-order chi connectivity index (χ0) is 12.4. The molecule has 0 saturated carbocycles. The Kier molecular flexibility index (Phi) is 3.66. The molecular formula is C10H7ClN2O2S2. The van der Waals surface area contributed by atoms with Crippen LogP contribution < -0.4 is 0 Å². The van der Waals surface area contributed by atoms with Gasteiger partial charge >= 0.3 is 5.97 Å². The second-order valence-electron chi connectivity index (χ2n) is 3.16. The van der Waals surface area contributed by atoms with Crippen LogP contribution in [0.5, 0.6) is 0 Å². The number of halogens is 1. The van der Waals surface area contributed by atoms with Crippen molar-refractivity contribution in [3.8, 4) is 0 Å². The first kappa shape index (κ1) is 12.3. The van der Waals surface area contributed by atoms with Gasteiger partial charge in [0.2, 0.25) is 0 Å². The van der Waals surface area contributed by atoms with E-state index in [9.17, 15) is 4.79 Å². The minimum atomic E-state index is -1.00. The number of carboxylic acid groups (broad SMARTS) is 1. The summed E-state index contributed by atoms with van der Waals surface area (Å²) in [4.78, 5) is 15.8. The van der Waals surface area contributed by atoms with Crippen molar-refractivity contribution >= 4 is 40.9 Å². The fraction of sp³-hybridized carbons (Fsp3) is 0.100. The van der Waals surface area contributed by atoms with Gasteiger partial charge in [0.25, 0.3) is 0 Å². The molecule has 1 aromatic carbocycles. The molecule has 0 aliphatic carbocycles. The molecule has 0 radical (unpaired) electrons. The highest BCUT2D eigenvalue weighted by molar-refractivity contribution is 8.01. The Labute approximate surface area is 111 Å². The number of aryl methyl sites for hydroxylation is 1. The van der Waals surface area contributed by atoms with Crippen LogP contribution in [0.15, 0.2) is 27.4 Å². The highest BCUT2D eigenvalue weighted by Crippen LogP contribution is 2.32. The monoisotopic (exact) mass is 286 g/mol. The van der Waals surface area contributed by atoms with E-state index in [0.29, 0.717) is 20.1 Å². The number of hydrogen-bond acceptors (Lipinski definition) is 5. The smallest absolute Gasteiger partial charge is 0.336 e. The lowest BCUT2D eigenvalue weighted by molar-refractivity contribution is 0.0693. The maximum absolute atomic E-state index is 11.1. The average molecular weight is 287 g/mol. The number of rotatable bonds is 3. The van der Waals surface area contributed by atoms with E-state index in [1.54, 1.807) is 19.1 Å². The van der Waals surface area contributed by atoms with Gasteiger partial charge in [-0.15, -0.1) is 0 Å². The van der Waals surface area contributed by atoms with E-state index in [-0.39, 0.29) is 5.56 Å². The van der Waals surface area contributed by atoms with Crippen LogP contribution in [0, 0.1) is 6.92 Å². The van der Waals surface area contributed by atoms with Crippen LogP contribution in [0.2, 0.25) is 5.02 Å². The number of carbonyl (C=O) groups is 1. The molecule has 17 heavy (non-hydrogen) atoms. The molecule has 1 heterocycles. The highest BCUT2D eigenvalue weighted by atomic mass is 35.5. The molecule has 0 aliphatic heterocycles. The van der Waals surface area contributed by atoms with Crippen molar-refractivity contribution in [2.75, 3.05) is 0 Å². The van der Waals surface area contributed by atoms with E-state index in [1.807, 2.05) is 0 Å². The Hall–Kier alpha value is -1.11. The van der Waals surface area contributed by atoms with Crippen LogP contribution >= 0.6 is 34.9 Å². The van der Waals surface area contributed by atoms with E-state index in [0.717, 1.165) is 0 Å². The summed E-state index contributed by atoms with van der Waals surface area (Å²) in [6, 6.07) is 4.76. The number of carboxylic acids is 1. The fourth-order valence-corrected chi connectivity index (χ4v) is 3.06. The largest absolute Gasteiger partial charge is 0.478 e. The molecule has 0 unspecified atom stereocenters. The van der Waals surface area contributed by atoms with Crippen molar-refractivity contribution in [1.29, 1.82) is 0 Å². The molecule has 1 N–H and O–H groups in total. The molecule has 0 bridgehead atoms. The minimum Gasteiger partial charge on any atom is -0.478 e. The summed E-state index contributed by atoms with van der Waals surface area (Å²) in [5.74, 6) is -0.320. The van der Waals surface area contributed by atoms with Gasteiger partial charge in [-0.25, -0.2) is 9.78 Å². The van der Waals surface area contributed by atoms with Gasteiger partial charge in [-0.2, -0.15) is 4.37 Å². The van der Waals surface area contributed by atoms with Crippen molar-refractivity contribution in [1.82, 2.24) is 9.36 Å². The Morgan fingerprint density at radius 1 is 1.53 bits per heavy atom. The van der Waals surface area contributed by atoms with Crippen molar-refractivity contribution < 1.29 is 9.90 Å². The number of nitrogens with zero attached hydrogens (tertiary/aromatic N) is 2. The lowest BCUT2D eigenvalue weighted by Gasteiger charge is -2.03. The zero-order valence-corrected chi connectivity index (χ0v) is 11.1. The van der Waals surface area contributed by atoms with E-state index < -0.39 is 5.97 Å². The third kappa shape index (κ3) is 2.96. The molecule has 4 nitrogen and oxygen atoms in total. The summed E-state index contributed by atoms with van der Waals surface area (Å²) in [6.07, 6.45) is 0. The van der Waals surface area contributed by atoms with Crippen molar-refractivity contribution in [3.63, 3.8) is 0 Å². The first-order valence-electron chi connectivity index (χ1n) is 4.57. The highest BCUT2D eigenvalue weighted by Gasteiger charge is 2.13. The first-order valence-corrected chi connectivity index (χ1v) is 6.54. The van der Waals surface area contributed by atoms with Crippen molar-refractivity contribution in [3.05, 3.63) is 34.6 Å². The van der Waals surface area contributed by atoms with E-state index in [1.165, 1.54) is 29.4 Å². The summed E-state index contributed by atoms with van der Waals surface area (Å²) in [6.45, 7) is 1.79. The number of hydrogen-bond donors (Lipinski definition) is 1. The summed E-state index contributed by atoms with van der Waals surface area (Å²) in [7, 11) is 0. The van der Waals surface area contributed by atoms with Crippen molar-refractivity contribution in [2.45, 2.75) is 16.2 Å². The van der Waals surface area contributed by atoms with Gasteiger partial charge in [0.15, 0.2) is 4.34 Å². The normalized spacial score (nSPS) is 10.5. The van der Waals surface area contributed by atoms with Crippen LogP contribution in [-0.4, -0.2) is 20.4 Å². The predicted molar refractivity (Wildman–Crippen MR) is 67.2 cm³/mol. The molecule has 2 rings (SSSR count). The van der Waals surface area contributed by atoms with Gasteiger partial charge in [0.05, 0.1) is 5.56 Å². The first-order chi connectivity index (χ1) is 8.06. The maximum Gasteiger partial charge on any atom is 0.336 e. The summed E-state index contributed by atoms with van der Waals surface area (Å²) in [5, 5.41) is 9.47. The molecule has 0 amide bonds. The van der Waals surface area contributed by atoms with Gasteiger partial charge in [0.1, 0.15) is 5.82 Å². The molecule has 7 heteroatoms. The van der Waals surface area contributed by atoms with Crippen molar-refractivity contribution in [2.24, 2.45) is 0 Å². The third-order valence-electron chi connectivity index (χ3n) is 1.88. The molecule has 0 spiro atoms. The van der Waals surface area contributed by atoms with E-state index >= 15 is 0 Å². The topological polar surface area (TPSA) is 63.1 Å². The molecule has 0 saturated heterocycles. The SMILES string of the molecule is Cc1nsc(Sc2ccc(Cl)cc2C(=O)O)n1. The number of aromatic nitrogens is 2. The Balaban J connectivity index is 2.35. The molecular weight excluding hydrogens is 280 g/mol. The lowest BCUT2D eigenvalue weighted by atomic mass is 10.2. The molecule has 1 aromatic heterocycles. The van der Waals surface area contributed by atoms with Gasteiger partial charge in [0, 0.05) is 9.92 Å². The molecule has 0 atom stereocenters. The maximum atomic E-state index is 11.1. The van der Waals surface area contributed by atoms with Crippen LogP contribution in [0.25, 0.3) is 0 Å². The number of aromatic carboxylic acids is 1. The Morgan fingerprint density at radius 3 is 2.88 bits per heavy atom. The molecule has 0 fully saturated rings. The van der Waals surface area contributed by atoms with Gasteiger partial charge in [-0.3, -0.25) is 0 Å². The Bertz CT molecular complexity index is 571. The molecule has 0 aliphatic rings. The standard InChI is InChI=1S/C10H7ClN2O2S2/c1-5-12-10(17-13-5)16-8-3-2-6(11)4-7(8)9(14)15/h2-4H,1H3,(H,14,15). The van der Waals surface area contributed by atoms with E-state index in [2.05, 4.69) is 9.36 Å². The van der Waals surface area contributed by atoms with Gasteiger partial charge in [-0.05, 0) is 36.7 Å². The second kappa shape index (κ2) is 5.03. The third-order valence-corrected chi connectivity index (χ3v) is 4.03. The zero-order valence-electron chi connectivity index (χ0n) is 8.68. The average Bonchev–Trinajstić information content (AvgIpc) is 2.66. The van der Waals surface area contributed by atoms with E-state index in [4.69, 9.17) is 16.7 Å². The minimum absolute atomic E-state index is 0.176.